The number of halogens is 1. The third kappa shape index (κ3) is 6.82. The smallest absolute Gasteiger partial charge is 0.128 e. The molecule has 0 bridgehead atoms. The van der Waals surface area contributed by atoms with Crippen LogP contribution in [0.15, 0.2) is 0 Å². The largest absolute Gasteiger partial charge is 0.238 e. The fourth-order valence-corrected chi connectivity index (χ4v) is 2.66. The van der Waals surface area contributed by atoms with Gasteiger partial charge in [0.15, 0.2) is 0 Å². The molecule has 0 radical (unpaired) electrons. The first-order valence-corrected chi connectivity index (χ1v) is 6.01. The van der Waals surface area contributed by atoms with Crippen LogP contribution in [0.5, 0.6) is 0 Å². The molecule has 2 heteroatoms. The summed E-state index contributed by atoms with van der Waals surface area (Å²) in [7, 11) is 0. The number of alkyl halides is 1. The van der Waals surface area contributed by atoms with E-state index in [1.165, 1.54) is 23.4 Å². The Morgan fingerprint density at radius 1 is 1.38 bits per heavy atom. The van der Waals surface area contributed by atoms with Crippen LogP contribution in [0.1, 0.15) is 19.8 Å². The van der Waals surface area contributed by atoms with Crippen LogP contribution in [0, 0.1) is 0 Å². The summed E-state index contributed by atoms with van der Waals surface area (Å²) in [6.45, 7) is 2.25. The summed E-state index contributed by atoms with van der Waals surface area (Å²) in [5.74, 6) is 0.899. The van der Waals surface area contributed by atoms with E-state index in [4.69, 9.17) is 11.6 Å². The summed E-state index contributed by atoms with van der Waals surface area (Å²) in [6.07, 6.45) is 2.79. The van der Waals surface area contributed by atoms with E-state index >= 15 is 0 Å². The molecule has 0 N–H and O–H groups in total. The maximum Gasteiger partial charge on any atom is 0.238 e. The van der Waals surface area contributed by atoms with E-state index in [2.05, 4.69) is 6.92 Å². The molecule has 0 unspecified atom stereocenters. The van der Waals surface area contributed by atoms with Crippen LogP contribution in [0.4, 0.5) is 0 Å². The van der Waals surface area contributed by atoms with E-state index in [9.17, 15) is 0 Å². The molecular weight excluding hydrogens is 135 g/mol. The van der Waals surface area contributed by atoms with Gasteiger partial charge in [-0.05, 0) is 0 Å². The first kappa shape index (κ1) is 8.82. The third-order valence-electron chi connectivity index (χ3n) is 1.24. The number of unbranched alkanes of at least 4 members (excludes halogenated alkanes) is 1. The molecule has 0 amide bonds. The standard InChI is InChI=1S/C4H9.C2H4Cl.Al.H/c1-3-4-2;1-2-3;;/h1,3-4H2,2H3;1-2H2;;. The monoisotopic (exact) mass is 148 g/mol. The van der Waals surface area contributed by atoms with Gasteiger partial charge in [-0.1, -0.05) is 30.3 Å². The van der Waals surface area contributed by atoms with Crippen LogP contribution in [-0.2, 0) is 0 Å². The lowest BCUT2D eigenvalue weighted by atomic mass is 10.4. The van der Waals surface area contributed by atoms with Crippen LogP contribution in [-0.4, -0.2) is 21.1 Å². The van der Waals surface area contributed by atoms with Gasteiger partial charge in [0.1, 0.15) is 0 Å². The predicted molar refractivity (Wildman–Crippen MR) is 42.4 cm³/mol. The topological polar surface area (TPSA) is 0 Å². The summed E-state index contributed by atoms with van der Waals surface area (Å²) in [5, 5.41) is 2.84. The van der Waals surface area contributed by atoms with Crippen molar-refractivity contribution >= 4 is 26.8 Å². The zero-order chi connectivity index (χ0) is 6.24. The predicted octanol–water partition coefficient (Wildman–Crippen LogP) is 2.30. The molecule has 0 rings (SSSR count). The van der Waals surface area contributed by atoms with Crippen LogP contribution >= 0.6 is 11.6 Å². The summed E-state index contributed by atoms with van der Waals surface area (Å²) >= 11 is 5.78. The SMILES string of the molecule is CCC[CH2][AlH][CH2]CCl. The molecule has 0 heterocycles. The van der Waals surface area contributed by atoms with Gasteiger partial charge in [0.2, 0.25) is 15.2 Å². The van der Waals surface area contributed by atoms with E-state index in [-0.39, 0.29) is 15.2 Å². The molecule has 0 aliphatic carbocycles. The van der Waals surface area contributed by atoms with Crippen molar-refractivity contribution in [3.63, 3.8) is 0 Å². The average Bonchev–Trinajstić information content (AvgIpc) is 1.81. The maximum atomic E-state index is 5.52. The van der Waals surface area contributed by atoms with Crippen molar-refractivity contribution in [2.24, 2.45) is 0 Å². The Labute approximate surface area is 63.3 Å². The highest BCUT2D eigenvalue weighted by molar-refractivity contribution is 6.37. The quantitative estimate of drug-likeness (QED) is 0.319. The molecule has 0 spiro atoms. The Hall–Kier alpha value is 0.822. The van der Waals surface area contributed by atoms with E-state index in [0.717, 1.165) is 5.88 Å². The Bertz CT molecular complexity index is 33.5. The van der Waals surface area contributed by atoms with Gasteiger partial charge in [-0.2, -0.15) is 0 Å². The highest BCUT2D eigenvalue weighted by Crippen LogP contribution is 1.96. The molecule has 0 saturated carbocycles. The molecule has 0 aromatic carbocycles. The maximum absolute atomic E-state index is 5.52. The minimum absolute atomic E-state index is 0.268. The first-order chi connectivity index (χ1) is 3.91. The molecule has 0 aromatic rings. The number of hydrogen-bond donors (Lipinski definition) is 0. The molecular formula is C6H14AlCl. The van der Waals surface area contributed by atoms with Crippen molar-refractivity contribution < 1.29 is 0 Å². The van der Waals surface area contributed by atoms with E-state index in [0.29, 0.717) is 0 Å². The molecule has 0 fully saturated rings. The van der Waals surface area contributed by atoms with Gasteiger partial charge in [0.25, 0.3) is 0 Å². The van der Waals surface area contributed by atoms with Crippen LogP contribution < -0.4 is 0 Å². The van der Waals surface area contributed by atoms with Crippen molar-refractivity contribution in [2.75, 3.05) is 5.88 Å². The van der Waals surface area contributed by atoms with Gasteiger partial charge >= 0.3 is 0 Å². The molecule has 0 aliphatic rings. The van der Waals surface area contributed by atoms with Crippen molar-refractivity contribution in [1.82, 2.24) is 0 Å². The van der Waals surface area contributed by atoms with Crippen molar-refractivity contribution in [2.45, 2.75) is 30.3 Å². The summed E-state index contributed by atoms with van der Waals surface area (Å²) in [5.41, 5.74) is 0. The molecule has 0 atom stereocenters. The summed E-state index contributed by atoms with van der Waals surface area (Å²) in [6, 6.07) is 0. The van der Waals surface area contributed by atoms with Gasteiger partial charge in [0, 0.05) is 5.88 Å². The van der Waals surface area contributed by atoms with Crippen molar-refractivity contribution in [3.8, 4) is 0 Å². The lowest BCUT2D eigenvalue weighted by Crippen LogP contribution is -1.88. The lowest BCUT2D eigenvalue weighted by molar-refractivity contribution is 0.878. The Morgan fingerprint density at radius 3 is 2.62 bits per heavy atom. The molecule has 0 aliphatic heterocycles. The number of rotatable bonds is 5. The molecule has 8 heavy (non-hydrogen) atoms. The fourth-order valence-electron chi connectivity index (χ4n) is 0.698. The van der Waals surface area contributed by atoms with E-state index < -0.39 is 0 Å². The molecule has 0 nitrogen and oxygen atoms in total. The summed E-state index contributed by atoms with van der Waals surface area (Å²) in [4.78, 5) is 0. The number of hydrogen-bond acceptors (Lipinski definition) is 0. The lowest BCUT2D eigenvalue weighted by Gasteiger charge is -1.89. The minimum Gasteiger partial charge on any atom is -0.128 e. The van der Waals surface area contributed by atoms with Crippen molar-refractivity contribution in [3.05, 3.63) is 0 Å². The van der Waals surface area contributed by atoms with Crippen LogP contribution in [0.25, 0.3) is 0 Å². The second-order valence-corrected chi connectivity index (χ2v) is 4.60. The minimum atomic E-state index is 0.268. The first-order valence-electron chi connectivity index (χ1n) is 3.47. The normalized spacial score (nSPS) is 9.25. The van der Waals surface area contributed by atoms with Gasteiger partial charge in [-0.25, -0.2) is 0 Å². The van der Waals surface area contributed by atoms with E-state index in [1.807, 2.05) is 0 Å². The third-order valence-corrected chi connectivity index (χ3v) is 3.81. The van der Waals surface area contributed by atoms with Gasteiger partial charge in [-0.15, -0.1) is 11.6 Å². The molecule has 0 saturated heterocycles. The van der Waals surface area contributed by atoms with Crippen molar-refractivity contribution in [1.29, 1.82) is 0 Å². The fraction of sp³-hybridized carbons (Fsp3) is 1.00. The highest BCUT2D eigenvalue weighted by Gasteiger charge is 1.89. The second-order valence-electron chi connectivity index (χ2n) is 2.10. The van der Waals surface area contributed by atoms with E-state index in [1.54, 1.807) is 0 Å². The van der Waals surface area contributed by atoms with Gasteiger partial charge < -0.3 is 0 Å². The molecule has 48 valence electrons. The Kier molecular flexibility index (Phi) is 8.63. The van der Waals surface area contributed by atoms with Crippen LogP contribution in [0.3, 0.4) is 0 Å². The van der Waals surface area contributed by atoms with Crippen LogP contribution in [0.2, 0.25) is 10.6 Å². The molecule has 0 aromatic heterocycles. The zero-order valence-corrected chi connectivity index (χ0v) is 7.79. The van der Waals surface area contributed by atoms with Gasteiger partial charge in [-0.3, -0.25) is 0 Å². The summed E-state index contributed by atoms with van der Waals surface area (Å²) < 4.78 is 0. The van der Waals surface area contributed by atoms with Gasteiger partial charge in [0.05, 0.1) is 0 Å². The Balaban J connectivity index is 2.53. The average molecular weight is 149 g/mol. The Morgan fingerprint density at radius 2 is 2.12 bits per heavy atom. The second kappa shape index (κ2) is 7.82. The zero-order valence-electron chi connectivity index (χ0n) is 5.62. The highest BCUT2D eigenvalue weighted by atomic mass is 35.5.